The Bertz CT molecular complexity index is 351. The van der Waals surface area contributed by atoms with E-state index in [1.165, 1.54) is 24.7 Å². The molecule has 0 radical (unpaired) electrons. The highest BCUT2D eigenvalue weighted by Crippen LogP contribution is 2.20. The molecule has 1 amide bonds. The standard InChI is InChI=1S/C14H22N2OS/c1-3-9-15-10-4-11-18-14-7-5-13(6-8-14)16-12(2)17/h5-8,15H,3-4,9-11H2,1-2H3,(H,16,17). The molecule has 0 unspecified atom stereocenters. The van der Waals surface area contributed by atoms with Crippen LogP contribution in [0.3, 0.4) is 0 Å². The van der Waals surface area contributed by atoms with Gasteiger partial charge in [0.15, 0.2) is 0 Å². The summed E-state index contributed by atoms with van der Waals surface area (Å²) in [5.74, 6) is 1.09. The summed E-state index contributed by atoms with van der Waals surface area (Å²) in [6, 6.07) is 7.99. The largest absolute Gasteiger partial charge is 0.326 e. The van der Waals surface area contributed by atoms with Crippen molar-refractivity contribution in [1.82, 2.24) is 5.32 Å². The molecule has 0 atom stereocenters. The minimum atomic E-state index is -0.0302. The summed E-state index contributed by atoms with van der Waals surface area (Å²) in [6.07, 6.45) is 2.37. The van der Waals surface area contributed by atoms with Crippen LogP contribution in [0.5, 0.6) is 0 Å². The summed E-state index contributed by atoms with van der Waals surface area (Å²) >= 11 is 1.85. The summed E-state index contributed by atoms with van der Waals surface area (Å²) in [5, 5.41) is 6.16. The van der Waals surface area contributed by atoms with Crippen molar-refractivity contribution in [3.05, 3.63) is 24.3 Å². The highest BCUT2D eigenvalue weighted by Gasteiger charge is 1.97. The highest BCUT2D eigenvalue weighted by atomic mass is 32.2. The second kappa shape index (κ2) is 9.00. The van der Waals surface area contributed by atoms with Gasteiger partial charge in [0.25, 0.3) is 0 Å². The summed E-state index contributed by atoms with van der Waals surface area (Å²) in [6.45, 7) is 5.89. The van der Waals surface area contributed by atoms with Crippen molar-refractivity contribution < 1.29 is 4.79 Å². The van der Waals surface area contributed by atoms with Gasteiger partial charge in [-0.25, -0.2) is 0 Å². The fourth-order valence-corrected chi connectivity index (χ4v) is 2.38. The second-order valence-corrected chi connectivity index (χ2v) is 5.33. The van der Waals surface area contributed by atoms with Gasteiger partial charge in [-0.3, -0.25) is 4.79 Å². The molecule has 0 saturated carbocycles. The summed E-state index contributed by atoms with van der Waals surface area (Å²) in [4.78, 5) is 12.1. The number of amides is 1. The molecule has 4 heteroatoms. The van der Waals surface area contributed by atoms with Crippen molar-refractivity contribution in [3.8, 4) is 0 Å². The first-order valence-corrected chi connectivity index (χ1v) is 7.42. The number of hydrogen-bond acceptors (Lipinski definition) is 3. The van der Waals surface area contributed by atoms with E-state index in [1.807, 2.05) is 23.9 Å². The third-order valence-electron chi connectivity index (χ3n) is 2.37. The van der Waals surface area contributed by atoms with Crippen molar-refractivity contribution in [1.29, 1.82) is 0 Å². The number of carbonyl (C=O) groups excluding carboxylic acids is 1. The lowest BCUT2D eigenvalue weighted by atomic mass is 10.3. The predicted octanol–water partition coefficient (Wildman–Crippen LogP) is 3.13. The molecule has 0 bridgehead atoms. The lowest BCUT2D eigenvalue weighted by Crippen LogP contribution is -2.16. The molecular formula is C14H22N2OS. The first kappa shape index (κ1) is 15.1. The third kappa shape index (κ3) is 6.67. The Morgan fingerprint density at radius 1 is 1.22 bits per heavy atom. The number of carbonyl (C=O) groups is 1. The van der Waals surface area contributed by atoms with Gasteiger partial charge in [0.2, 0.25) is 5.91 Å². The van der Waals surface area contributed by atoms with Crippen LogP contribution in [0.1, 0.15) is 26.7 Å². The predicted molar refractivity (Wildman–Crippen MR) is 79.2 cm³/mol. The fourth-order valence-electron chi connectivity index (χ4n) is 1.53. The van der Waals surface area contributed by atoms with E-state index in [9.17, 15) is 4.79 Å². The molecule has 3 nitrogen and oxygen atoms in total. The average Bonchev–Trinajstić information content (AvgIpc) is 2.35. The van der Waals surface area contributed by atoms with Crippen LogP contribution in [0.4, 0.5) is 5.69 Å². The SMILES string of the molecule is CCCNCCCSc1ccc(NC(C)=O)cc1. The lowest BCUT2D eigenvalue weighted by molar-refractivity contribution is -0.114. The Labute approximate surface area is 114 Å². The Kier molecular flexibility index (Phi) is 7.53. The van der Waals surface area contributed by atoms with Crippen LogP contribution >= 0.6 is 11.8 Å². The molecule has 1 aromatic rings. The molecule has 18 heavy (non-hydrogen) atoms. The average molecular weight is 266 g/mol. The van der Waals surface area contributed by atoms with Gasteiger partial charge in [0, 0.05) is 17.5 Å². The zero-order chi connectivity index (χ0) is 13.2. The molecule has 100 valence electrons. The van der Waals surface area contributed by atoms with Crippen LogP contribution in [0.15, 0.2) is 29.2 Å². The van der Waals surface area contributed by atoms with Crippen molar-refractivity contribution in [2.75, 3.05) is 24.2 Å². The van der Waals surface area contributed by atoms with Crippen LogP contribution in [-0.2, 0) is 4.79 Å². The van der Waals surface area contributed by atoms with E-state index < -0.39 is 0 Å². The minimum absolute atomic E-state index is 0.0302. The molecule has 1 aromatic carbocycles. The molecule has 0 aromatic heterocycles. The Balaban J connectivity index is 2.20. The number of nitrogens with one attached hydrogen (secondary N) is 2. The van der Waals surface area contributed by atoms with E-state index in [1.54, 1.807) is 0 Å². The molecule has 0 spiro atoms. The van der Waals surface area contributed by atoms with E-state index in [0.29, 0.717) is 0 Å². The molecule has 0 heterocycles. The molecule has 1 rings (SSSR count). The van der Waals surface area contributed by atoms with Crippen LogP contribution in [0.25, 0.3) is 0 Å². The van der Waals surface area contributed by atoms with E-state index >= 15 is 0 Å². The zero-order valence-corrected chi connectivity index (χ0v) is 12.0. The first-order chi connectivity index (χ1) is 8.72. The highest BCUT2D eigenvalue weighted by molar-refractivity contribution is 7.99. The summed E-state index contributed by atoms with van der Waals surface area (Å²) in [7, 11) is 0. The molecular weight excluding hydrogens is 244 g/mol. The molecule has 0 saturated heterocycles. The van der Waals surface area contributed by atoms with E-state index in [2.05, 4.69) is 29.7 Å². The van der Waals surface area contributed by atoms with E-state index in [-0.39, 0.29) is 5.91 Å². The van der Waals surface area contributed by atoms with Gasteiger partial charge >= 0.3 is 0 Å². The number of hydrogen-bond donors (Lipinski definition) is 2. The molecule has 0 aliphatic rings. The smallest absolute Gasteiger partial charge is 0.221 e. The monoisotopic (exact) mass is 266 g/mol. The minimum Gasteiger partial charge on any atom is -0.326 e. The van der Waals surface area contributed by atoms with Gasteiger partial charge < -0.3 is 10.6 Å². The summed E-state index contributed by atoms with van der Waals surface area (Å²) < 4.78 is 0. The van der Waals surface area contributed by atoms with E-state index in [4.69, 9.17) is 0 Å². The van der Waals surface area contributed by atoms with Crippen molar-refractivity contribution in [3.63, 3.8) is 0 Å². The third-order valence-corrected chi connectivity index (χ3v) is 3.47. The fraction of sp³-hybridized carbons (Fsp3) is 0.500. The lowest BCUT2D eigenvalue weighted by Gasteiger charge is -2.05. The maximum Gasteiger partial charge on any atom is 0.221 e. The first-order valence-electron chi connectivity index (χ1n) is 6.43. The molecule has 0 aliphatic carbocycles. The van der Waals surface area contributed by atoms with Gasteiger partial charge in [-0.15, -0.1) is 11.8 Å². The van der Waals surface area contributed by atoms with Crippen LogP contribution in [-0.4, -0.2) is 24.7 Å². The molecule has 0 fully saturated rings. The van der Waals surface area contributed by atoms with Crippen molar-refractivity contribution >= 4 is 23.4 Å². The van der Waals surface area contributed by atoms with Crippen LogP contribution < -0.4 is 10.6 Å². The zero-order valence-electron chi connectivity index (χ0n) is 11.2. The van der Waals surface area contributed by atoms with E-state index in [0.717, 1.165) is 24.5 Å². The molecule has 2 N–H and O–H groups in total. The van der Waals surface area contributed by atoms with Gasteiger partial charge in [-0.1, -0.05) is 6.92 Å². The van der Waals surface area contributed by atoms with Crippen molar-refractivity contribution in [2.45, 2.75) is 31.6 Å². The van der Waals surface area contributed by atoms with Gasteiger partial charge in [0.1, 0.15) is 0 Å². The van der Waals surface area contributed by atoms with Gasteiger partial charge in [-0.05, 0) is 55.9 Å². The number of thioether (sulfide) groups is 1. The number of anilines is 1. The van der Waals surface area contributed by atoms with Gasteiger partial charge in [0.05, 0.1) is 0 Å². The van der Waals surface area contributed by atoms with Gasteiger partial charge in [-0.2, -0.15) is 0 Å². The molecule has 0 aliphatic heterocycles. The Hall–Kier alpha value is -1.00. The van der Waals surface area contributed by atoms with Crippen LogP contribution in [0, 0.1) is 0 Å². The Morgan fingerprint density at radius 2 is 1.94 bits per heavy atom. The number of benzene rings is 1. The second-order valence-electron chi connectivity index (χ2n) is 4.16. The maximum absolute atomic E-state index is 10.9. The Morgan fingerprint density at radius 3 is 2.56 bits per heavy atom. The summed E-state index contributed by atoms with van der Waals surface area (Å²) in [5.41, 5.74) is 0.858. The number of rotatable bonds is 8. The topological polar surface area (TPSA) is 41.1 Å². The van der Waals surface area contributed by atoms with Crippen LogP contribution in [0.2, 0.25) is 0 Å². The maximum atomic E-state index is 10.9. The normalized spacial score (nSPS) is 10.3. The van der Waals surface area contributed by atoms with Crippen molar-refractivity contribution in [2.24, 2.45) is 0 Å². The quantitative estimate of drug-likeness (QED) is 0.561.